The van der Waals surface area contributed by atoms with Crippen LogP contribution >= 0.6 is 11.3 Å². The maximum atomic E-state index is 9.70. The van der Waals surface area contributed by atoms with E-state index in [-0.39, 0.29) is 6.04 Å². The van der Waals surface area contributed by atoms with E-state index in [0.29, 0.717) is 6.54 Å². The third kappa shape index (κ3) is 2.51. The summed E-state index contributed by atoms with van der Waals surface area (Å²) in [6, 6.07) is 4.03. The molecule has 0 bridgehead atoms. The summed E-state index contributed by atoms with van der Waals surface area (Å²) in [5, 5.41) is 11.7. The van der Waals surface area contributed by atoms with E-state index >= 15 is 0 Å². The first-order valence-corrected chi connectivity index (χ1v) is 5.12. The smallest absolute Gasteiger partial charge is 0.0866 e. The lowest BCUT2D eigenvalue weighted by Crippen LogP contribution is -2.35. The van der Waals surface area contributed by atoms with Gasteiger partial charge in [-0.1, -0.05) is 6.07 Å². The Morgan fingerprint density at radius 2 is 2.31 bits per heavy atom. The van der Waals surface area contributed by atoms with E-state index in [1.807, 2.05) is 36.5 Å². The Morgan fingerprint density at radius 1 is 1.62 bits per heavy atom. The van der Waals surface area contributed by atoms with Crippen molar-refractivity contribution in [3.05, 3.63) is 22.4 Å². The van der Waals surface area contributed by atoms with Gasteiger partial charge in [0.15, 0.2) is 0 Å². The normalized spacial score (nSPS) is 16.1. The summed E-state index contributed by atoms with van der Waals surface area (Å²) < 4.78 is 0. The minimum Gasteiger partial charge on any atom is -0.390 e. The second-order valence-electron chi connectivity index (χ2n) is 3.23. The zero-order chi connectivity index (χ0) is 9.84. The Hall–Kier alpha value is -0.420. The Morgan fingerprint density at radius 3 is 2.69 bits per heavy atom. The van der Waals surface area contributed by atoms with Crippen molar-refractivity contribution in [3.63, 3.8) is 0 Å². The van der Waals surface area contributed by atoms with Crippen LogP contribution in [0.15, 0.2) is 17.5 Å². The van der Waals surface area contributed by atoms with Crippen LogP contribution in [0.3, 0.4) is 0 Å². The molecule has 2 atom stereocenters. The van der Waals surface area contributed by atoms with Gasteiger partial charge in [0, 0.05) is 11.4 Å². The molecule has 0 fully saturated rings. The van der Waals surface area contributed by atoms with E-state index < -0.39 is 6.10 Å². The second kappa shape index (κ2) is 4.72. The van der Waals surface area contributed by atoms with Gasteiger partial charge < -0.3 is 10.8 Å². The van der Waals surface area contributed by atoms with Crippen LogP contribution in [0.4, 0.5) is 0 Å². The van der Waals surface area contributed by atoms with E-state index in [1.165, 1.54) is 0 Å². The molecule has 0 aliphatic rings. The zero-order valence-electron chi connectivity index (χ0n) is 7.97. The van der Waals surface area contributed by atoms with Crippen LogP contribution in [0.5, 0.6) is 0 Å². The Balaban J connectivity index is 2.80. The van der Waals surface area contributed by atoms with Crippen LogP contribution in [-0.4, -0.2) is 36.8 Å². The Kier molecular flexibility index (Phi) is 3.87. The summed E-state index contributed by atoms with van der Waals surface area (Å²) in [6.45, 7) is 0.292. The van der Waals surface area contributed by atoms with Gasteiger partial charge in [0.2, 0.25) is 0 Å². The highest BCUT2D eigenvalue weighted by Gasteiger charge is 2.22. The first-order chi connectivity index (χ1) is 6.16. The van der Waals surface area contributed by atoms with E-state index in [1.54, 1.807) is 11.3 Å². The number of hydrogen-bond donors (Lipinski definition) is 2. The van der Waals surface area contributed by atoms with Gasteiger partial charge in [0.05, 0.1) is 12.1 Å². The summed E-state index contributed by atoms with van der Waals surface area (Å²) in [4.78, 5) is 3.14. The van der Waals surface area contributed by atoms with Crippen molar-refractivity contribution in [2.75, 3.05) is 20.6 Å². The molecule has 0 saturated carbocycles. The predicted octanol–water partition coefficient (Wildman–Crippen LogP) is 0.670. The molecule has 1 aromatic heterocycles. The van der Waals surface area contributed by atoms with E-state index in [4.69, 9.17) is 5.73 Å². The molecule has 0 saturated heterocycles. The predicted molar refractivity (Wildman–Crippen MR) is 55.8 cm³/mol. The third-order valence-electron chi connectivity index (χ3n) is 2.00. The molecule has 13 heavy (non-hydrogen) atoms. The molecule has 4 heteroatoms. The molecular formula is C9H16N2OS. The standard InChI is InChI=1S/C9H16N2OS/c1-11(2)9(7(12)6-10)8-4-3-5-13-8/h3-5,7,9,12H,6,10H2,1-2H3. The van der Waals surface area contributed by atoms with Gasteiger partial charge >= 0.3 is 0 Å². The van der Waals surface area contributed by atoms with Crippen LogP contribution in [0.2, 0.25) is 0 Å². The molecule has 1 rings (SSSR count). The van der Waals surface area contributed by atoms with Crippen molar-refractivity contribution < 1.29 is 5.11 Å². The van der Waals surface area contributed by atoms with Gasteiger partial charge in [-0.3, -0.25) is 4.90 Å². The maximum absolute atomic E-state index is 9.70. The van der Waals surface area contributed by atoms with Crippen molar-refractivity contribution in [3.8, 4) is 0 Å². The number of nitrogens with zero attached hydrogens (tertiary/aromatic N) is 1. The highest BCUT2D eigenvalue weighted by Crippen LogP contribution is 2.25. The lowest BCUT2D eigenvalue weighted by molar-refractivity contribution is 0.0843. The van der Waals surface area contributed by atoms with Gasteiger partial charge in [-0.2, -0.15) is 0 Å². The van der Waals surface area contributed by atoms with Gasteiger partial charge in [-0.05, 0) is 25.5 Å². The fourth-order valence-electron chi connectivity index (χ4n) is 1.38. The van der Waals surface area contributed by atoms with Crippen molar-refractivity contribution >= 4 is 11.3 Å². The van der Waals surface area contributed by atoms with Gasteiger partial charge in [0.1, 0.15) is 0 Å². The highest BCUT2D eigenvalue weighted by molar-refractivity contribution is 7.10. The van der Waals surface area contributed by atoms with E-state index in [2.05, 4.69) is 0 Å². The van der Waals surface area contributed by atoms with Gasteiger partial charge in [-0.15, -0.1) is 11.3 Å². The van der Waals surface area contributed by atoms with Crippen LogP contribution in [0.25, 0.3) is 0 Å². The number of nitrogens with two attached hydrogens (primary N) is 1. The monoisotopic (exact) mass is 200 g/mol. The molecule has 3 N–H and O–H groups in total. The van der Waals surface area contributed by atoms with Crippen molar-refractivity contribution in [2.24, 2.45) is 5.73 Å². The first kappa shape index (κ1) is 10.7. The SMILES string of the molecule is CN(C)C(c1cccs1)C(O)CN. The minimum atomic E-state index is -0.492. The van der Waals surface area contributed by atoms with Gasteiger partial charge in [0.25, 0.3) is 0 Å². The topological polar surface area (TPSA) is 49.5 Å². The Labute approximate surface area is 82.8 Å². The van der Waals surface area contributed by atoms with Crippen LogP contribution in [0, 0.1) is 0 Å². The summed E-state index contributed by atoms with van der Waals surface area (Å²) in [6.07, 6.45) is -0.492. The fraction of sp³-hybridized carbons (Fsp3) is 0.556. The molecule has 0 spiro atoms. The average Bonchev–Trinajstić information content (AvgIpc) is 2.56. The minimum absolute atomic E-state index is 0.0185. The molecular weight excluding hydrogens is 184 g/mol. The average molecular weight is 200 g/mol. The second-order valence-corrected chi connectivity index (χ2v) is 4.21. The lowest BCUT2D eigenvalue weighted by atomic mass is 10.1. The maximum Gasteiger partial charge on any atom is 0.0866 e. The number of aliphatic hydroxyl groups excluding tert-OH is 1. The van der Waals surface area contributed by atoms with Crippen molar-refractivity contribution in [1.82, 2.24) is 4.90 Å². The van der Waals surface area contributed by atoms with Crippen LogP contribution < -0.4 is 5.73 Å². The molecule has 74 valence electrons. The van der Waals surface area contributed by atoms with Crippen LogP contribution in [-0.2, 0) is 0 Å². The van der Waals surface area contributed by atoms with Crippen LogP contribution in [0.1, 0.15) is 10.9 Å². The summed E-state index contributed by atoms with van der Waals surface area (Å²) in [5.74, 6) is 0. The quantitative estimate of drug-likeness (QED) is 0.751. The molecule has 1 aromatic rings. The zero-order valence-corrected chi connectivity index (χ0v) is 8.79. The third-order valence-corrected chi connectivity index (χ3v) is 2.94. The molecule has 0 aromatic carbocycles. The number of thiophene rings is 1. The molecule has 3 nitrogen and oxygen atoms in total. The number of hydrogen-bond acceptors (Lipinski definition) is 4. The molecule has 0 aliphatic carbocycles. The number of likely N-dealkylation sites (N-methyl/N-ethyl adjacent to an activating group) is 1. The number of aliphatic hydroxyl groups is 1. The van der Waals surface area contributed by atoms with E-state index in [9.17, 15) is 5.11 Å². The van der Waals surface area contributed by atoms with Gasteiger partial charge in [-0.25, -0.2) is 0 Å². The first-order valence-electron chi connectivity index (χ1n) is 4.24. The summed E-state index contributed by atoms with van der Waals surface area (Å²) in [7, 11) is 3.90. The Bertz CT molecular complexity index is 236. The summed E-state index contributed by atoms with van der Waals surface area (Å²) in [5.41, 5.74) is 5.44. The fourth-order valence-corrected chi connectivity index (χ4v) is 2.36. The number of rotatable bonds is 4. The molecule has 0 aliphatic heterocycles. The van der Waals surface area contributed by atoms with Crippen molar-refractivity contribution in [2.45, 2.75) is 12.1 Å². The molecule has 2 unspecified atom stereocenters. The summed E-state index contributed by atoms with van der Waals surface area (Å²) >= 11 is 1.65. The lowest BCUT2D eigenvalue weighted by Gasteiger charge is -2.27. The molecule has 1 heterocycles. The highest BCUT2D eigenvalue weighted by atomic mass is 32.1. The molecule has 0 radical (unpaired) electrons. The van der Waals surface area contributed by atoms with E-state index in [0.717, 1.165) is 4.88 Å². The van der Waals surface area contributed by atoms with Crippen molar-refractivity contribution in [1.29, 1.82) is 0 Å². The molecule has 0 amide bonds. The largest absolute Gasteiger partial charge is 0.390 e.